The molecule has 2 aromatic carbocycles. The van der Waals surface area contributed by atoms with Gasteiger partial charge in [0, 0.05) is 31.7 Å². The molecule has 43 heavy (non-hydrogen) atoms. The van der Waals surface area contributed by atoms with E-state index in [0.717, 1.165) is 5.56 Å². The van der Waals surface area contributed by atoms with E-state index in [1.807, 2.05) is 30.3 Å². The third-order valence-corrected chi connectivity index (χ3v) is 8.95. The first-order valence-corrected chi connectivity index (χ1v) is 15.6. The number of pyridine rings is 1. The Bertz CT molecular complexity index is 1490. The number of benzene rings is 2. The predicted molar refractivity (Wildman–Crippen MR) is 158 cm³/mol. The Labute approximate surface area is 249 Å². The number of nitrogens with one attached hydrogen (secondary N) is 1. The van der Waals surface area contributed by atoms with Crippen LogP contribution in [0.5, 0.6) is 0 Å². The summed E-state index contributed by atoms with van der Waals surface area (Å²) in [4.78, 5) is 45.8. The number of amides is 3. The van der Waals surface area contributed by atoms with E-state index in [4.69, 9.17) is 9.05 Å². The van der Waals surface area contributed by atoms with Crippen LogP contribution in [0.25, 0.3) is 22.4 Å². The van der Waals surface area contributed by atoms with Crippen LogP contribution in [0.4, 0.5) is 9.18 Å². The van der Waals surface area contributed by atoms with E-state index in [0.29, 0.717) is 5.56 Å². The fourth-order valence-corrected chi connectivity index (χ4v) is 6.53. The van der Waals surface area contributed by atoms with Crippen LogP contribution in [0.15, 0.2) is 66.7 Å². The molecule has 4 rings (SSSR count). The molecule has 13 heteroatoms. The van der Waals surface area contributed by atoms with Crippen LogP contribution in [0.2, 0.25) is 0 Å². The maximum absolute atomic E-state index is 14.8. The van der Waals surface area contributed by atoms with Gasteiger partial charge in [-0.3, -0.25) is 14.2 Å². The number of rotatable bonds is 11. The largest absolute Gasteiger partial charge is 0.465 e. The minimum atomic E-state index is -3.81. The zero-order chi connectivity index (χ0) is 31.0. The third kappa shape index (κ3) is 8.04. The smallest absolute Gasteiger partial charge is 0.407 e. The van der Waals surface area contributed by atoms with Crippen molar-refractivity contribution in [2.24, 2.45) is 0 Å². The van der Waals surface area contributed by atoms with Crippen molar-refractivity contribution < 1.29 is 37.5 Å². The molecule has 2 heterocycles. The Hall–Kier alpha value is -4.12. The van der Waals surface area contributed by atoms with E-state index in [9.17, 15) is 28.4 Å². The number of piperazine rings is 1. The van der Waals surface area contributed by atoms with Crippen LogP contribution in [-0.2, 0) is 18.4 Å². The van der Waals surface area contributed by atoms with Gasteiger partial charge in [0.2, 0.25) is 5.91 Å². The van der Waals surface area contributed by atoms with Crippen molar-refractivity contribution in [1.29, 1.82) is 0 Å². The second kappa shape index (κ2) is 14.4. The number of carbonyl (C=O) groups is 3. The summed E-state index contributed by atoms with van der Waals surface area (Å²) in [6, 6.07) is 17.1. The van der Waals surface area contributed by atoms with Crippen molar-refractivity contribution in [3.05, 3.63) is 78.2 Å². The highest BCUT2D eigenvalue weighted by molar-refractivity contribution is 7.54. The second-order valence-electron chi connectivity index (χ2n) is 9.72. The molecule has 1 aliphatic rings. The monoisotopic (exact) mass is 612 g/mol. The predicted octanol–water partition coefficient (Wildman–Crippen LogP) is 4.74. The van der Waals surface area contributed by atoms with Gasteiger partial charge in [-0.05, 0) is 49.2 Å². The molecule has 0 aliphatic carbocycles. The lowest BCUT2D eigenvalue weighted by atomic mass is 10.0. The van der Waals surface area contributed by atoms with Crippen LogP contribution in [-0.4, -0.2) is 89.4 Å². The van der Waals surface area contributed by atoms with Crippen molar-refractivity contribution in [1.82, 2.24) is 20.1 Å². The molecule has 228 valence electrons. The van der Waals surface area contributed by atoms with Gasteiger partial charge in [-0.25, -0.2) is 14.2 Å². The number of hydrogen-bond acceptors (Lipinski definition) is 7. The summed E-state index contributed by atoms with van der Waals surface area (Å²) >= 11 is 0. The van der Waals surface area contributed by atoms with Crippen LogP contribution in [0.1, 0.15) is 24.3 Å². The van der Waals surface area contributed by atoms with Crippen molar-refractivity contribution in [2.75, 3.05) is 45.6 Å². The SMILES string of the molecule is CCOP(=O)(C[C@H](NC(=O)c1cc(-c2ccccc2)cc(-c2ccccc2F)n1)C(=O)N1CCN(C(=O)O)CC1)OCC. The van der Waals surface area contributed by atoms with Crippen molar-refractivity contribution in [3.8, 4) is 22.4 Å². The highest BCUT2D eigenvalue weighted by atomic mass is 31.2. The van der Waals surface area contributed by atoms with E-state index in [1.54, 1.807) is 38.1 Å². The van der Waals surface area contributed by atoms with Crippen LogP contribution >= 0.6 is 7.60 Å². The summed E-state index contributed by atoms with van der Waals surface area (Å²) in [5.41, 5.74) is 1.68. The average molecular weight is 613 g/mol. The van der Waals surface area contributed by atoms with Crippen molar-refractivity contribution >= 4 is 25.5 Å². The quantitative estimate of drug-likeness (QED) is 0.296. The van der Waals surface area contributed by atoms with Crippen molar-refractivity contribution in [3.63, 3.8) is 0 Å². The van der Waals surface area contributed by atoms with E-state index >= 15 is 0 Å². The van der Waals surface area contributed by atoms with Crippen LogP contribution in [0, 0.1) is 5.82 Å². The summed E-state index contributed by atoms with van der Waals surface area (Å²) in [6.07, 6.45) is -1.54. The standard InChI is InChI=1S/C30H34FN4O7P/c1-3-41-43(40,42-4-2)20-27(29(37)34-14-16-35(17-15-34)30(38)39)33-28(36)26-19-22(21-10-6-5-7-11-21)18-25(32-26)23-12-8-9-13-24(23)31/h5-13,18-19,27H,3-4,14-17,20H2,1-2H3,(H,33,36)(H,38,39)/t27-/m0/s1. The van der Waals surface area contributed by atoms with E-state index < -0.39 is 43.5 Å². The van der Waals surface area contributed by atoms with Gasteiger partial charge in [-0.2, -0.15) is 0 Å². The lowest BCUT2D eigenvalue weighted by Gasteiger charge is -2.35. The summed E-state index contributed by atoms with van der Waals surface area (Å²) < 4.78 is 39.1. The maximum Gasteiger partial charge on any atom is 0.407 e. The Morgan fingerprint density at radius 2 is 1.53 bits per heavy atom. The Morgan fingerprint density at radius 1 is 0.930 bits per heavy atom. The Kier molecular flexibility index (Phi) is 10.6. The molecule has 0 unspecified atom stereocenters. The molecule has 1 saturated heterocycles. The molecular weight excluding hydrogens is 578 g/mol. The molecule has 0 spiro atoms. The van der Waals surface area contributed by atoms with Crippen molar-refractivity contribution in [2.45, 2.75) is 19.9 Å². The van der Waals surface area contributed by atoms with Gasteiger partial charge in [0.15, 0.2) is 0 Å². The minimum Gasteiger partial charge on any atom is -0.465 e. The van der Waals surface area contributed by atoms with E-state index in [2.05, 4.69) is 10.3 Å². The maximum atomic E-state index is 14.8. The molecule has 1 aromatic heterocycles. The molecule has 0 radical (unpaired) electrons. The second-order valence-corrected chi connectivity index (χ2v) is 11.8. The Morgan fingerprint density at radius 3 is 2.14 bits per heavy atom. The lowest BCUT2D eigenvalue weighted by molar-refractivity contribution is -0.134. The van der Waals surface area contributed by atoms with Gasteiger partial charge in [-0.1, -0.05) is 42.5 Å². The van der Waals surface area contributed by atoms with Crippen LogP contribution < -0.4 is 5.32 Å². The fraction of sp³-hybridized carbons (Fsp3) is 0.333. The zero-order valence-corrected chi connectivity index (χ0v) is 24.8. The number of halogens is 1. The summed E-state index contributed by atoms with van der Waals surface area (Å²) in [7, 11) is -3.81. The van der Waals surface area contributed by atoms with E-state index in [1.165, 1.54) is 21.9 Å². The normalized spacial score (nSPS) is 14.3. The third-order valence-electron chi connectivity index (χ3n) is 6.84. The summed E-state index contributed by atoms with van der Waals surface area (Å²) in [5, 5.41) is 11.9. The van der Waals surface area contributed by atoms with Gasteiger partial charge in [0.25, 0.3) is 5.91 Å². The van der Waals surface area contributed by atoms with Gasteiger partial charge >= 0.3 is 13.7 Å². The number of hydrogen-bond donors (Lipinski definition) is 2. The first kappa shape index (κ1) is 31.8. The highest BCUT2D eigenvalue weighted by Crippen LogP contribution is 2.48. The summed E-state index contributed by atoms with van der Waals surface area (Å²) in [5.74, 6) is -1.83. The Balaban J connectivity index is 1.69. The topological polar surface area (TPSA) is 138 Å². The first-order chi connectivity index (χ1) is 20.6. The molecule has 2 N–H and O–H groups in total. The molecule has 0 saturated carbocycles. The molecule has 1 atom stereocenters. The lowest BCUT2D eigenvalue weighted by Crippen LogP contribution is -2.56. The number of aromatic nitrogens is 1. The highest BCUT2D eigenvalue weighted by Gasteiger charge is 2.37. The van der Waals surface area contributed by atoms with Crippen LogP contribution in [0.3, 0.4) is 0 Å². The molecule has 11 nitrogen and oxygen atoms in total. The molecule has 1 aliphatic heterocycles. The van der Waals surface area contributed by atoms with Gasteiger partial charge in [0.05, 0.1) is 25.1 Å². The van der Waals surface area contributed by atoms with Gasteiger partial charge < -0.3 is 29.3 Å². The minimum absolute atomic E-state index is 0.0517. The van der Waals surface area contributed by atoms with Gasteiger partial charge in [-0.15, -0.1) is 0 Å². The summed E-state index contributed by atoms with van der Waals surface area (Å²) in [6.45, 7) is 3.72. The number of carboxylic acid groups (broad SMARTS) is 1. The number of carbonyl (C=O) groups excluding carboxylic acids is 2. The van der Waals surface area contributed by atoms with E-state index in [-0.39, 0.29) is 56.3 Å². The molecular formula is C30H34FN4O7P. The average Bonchev–Trinajstić information content (AvgIpc) is 3.01. The first-order valence-electron chi connectivity index (χ1n) is 13.9. The molecule has 1 fully saturated rings. The number of nitrogens with zero attached hydrogens (tertiary/aromatic N) is 3. The molecule has 3 amide bonds. The van der Waals surface area contributed by atoms with Gasteiger partial charge in [0.1, 0.15) is 17.6 Å². The molecule has 3 aromatic rings. The zero-order valence-electron chi connectivity index (χ0n) is 23.9. The molecule has 0 bridgehead atoms. The fourth-order valence-electron chi connectivity index (χ4n) is 4.77.